The van der Waals surface area contributed by atoms with Crippen LogP contribution in [0.3, 0.4) is 0 Å². The van der Waals surface area contributed by atoms with Gasteiger partial charge in [-0.1, -0.05) is 42.5 Å². The van der Waals surface area contributed by atoms with Crippen LogP contribution in [-0.2, 0) is 31.1 Å². The Hall–Kier alpha value is -4.49. The number of anilines is 1. The molecule has 0 aromatic heterocycles. The second-order valence-corrected chi connectivity index (χ2v) is 12.2. The Morgan fingerprint density at radius 2 is 1.43 bits per heavy atom. The van der Waals surface area contributed by atoms with Gasteiger partial charge in [-0.15, -0.1) is 0 Å². The minimum Gasteiger partial charge on any atom is -0.459 e. The van der Waals surface area contributed by atoms with Gasteiger partial charge >= 0.3 is 24.1 Å². The predicted molar refractivity (Wildman–Crippen MR) is 168 cm³/mol. The quantitative estimate of drug-likeness (QED) is 0.161. The molecular weight excluding hydrogens is 620 g/mol. The van der Waals surface area contributed by atoms with E-state index in [1.807, 2.05) is 67.3 Å². The number of rotatable bonds is 15. The van der Waals surface area contributed by atoms with Gasteiger partial charge in [0.25, 0.3) is 0 Å². The molecule has 1 atom stereocenters. The van der Waals surface area contributed by atoms with Gasteiger partial charge < -0.3 is 14.5 Å². The maximum absolute atomic E-state index is 13.5. The van der Waals surface area contributed by atoms with Crippen molar-refractivity contribution >= 4 is 52.5 Å². The Kier molecular flexibility index (Phi) is 9.87. The van der Waals surface area contributed by atoms with Crippen LogP contribution < -0.4 is 9.64 Å². The van der Waals surface area contributed by atoms with E-state index >= 15 is 0 Å². The van der Waals surface area contributed by atoms with Gasteiger partial charge in [-0.05, 0) is 36.9 Å². The zero-order valence-corrected chi connectivity index (χ0v) is 26.0. The van der Waals surface area contributed by atoms with Crippen LogP contribution in [0.1, 0.15) is 37.8 Å². The molecule has 1 unspecified atom stereocenters. The summed E-state index contributed by atoms with van der Waals surface area (Å²) in [6.45, 7) is 2.48. The molecule has 0 N–H and O–H groups in total. The van der Waals surface area contributed by atoms with Crippen molar-refractivity contribution < 1.29 is 41.5 Å². The van der Waals surface area contributed by atoms with E-state index < -0.39 is 61.2 Å². The van der Waals surface area contributed by atoms with Crippen LogP contribution in [0, 0.1) is 0 Å². The third kappa shape index (κ3) is 6.96. The summed E-state index contributed by atoms with van der Waals surface area (Å²) in [5.74, 6) is 0.294. The van der Waals surface area contributed by atoms with E-state index in [2.05, 4.69) is 0 Å². The fourth-order valence-electron chi connectivity index (χ4n) is 6.54. The summed E-state index contributed by atoms with van der Waals surface area (Å²) in [6.07, 6.45) is 0.851. The molecule has 2 heterocycles. The highest BCUT2D eigenvalue weighted by atomic mass is 19.1. The number of aliphatic imine (C=N–C) groups is 1. The molecule has 3 aromatic carbocycles. The lowest BCUT2D eigenvalue weighted by Gasteiger charge is -2.47. The van der Waals surface area contributed by atoms with Crippen LogP contribution >= 0.6 is 0 Å². The molecule has 9 nitrogen and oxygen atoms in total. The molecule has 2 aliphatic heterocycles. The van der Waals surface area contributed by atoms with E-state index in [0.717, 1.165) is 26.9 Å². The van der Waals surface area contributed by atoms with E-state index in [9.17, 15) is 36.7 Å². The van der Waals surface area contributed by atoms with Crippen molar-refractivity contribution in [1.29, 1.82) is 0 Å². The maximum atomic E-state index is 13.5. The zero-order chi connectivity index (χ0) is 33.9. The average Bonchev–Trinajstić information content (AvgIpc) is 3.18. The summed E-state index contributed by atoms with van der Waals surface area (Å²) in [7, 11) is 0. The topological polar surface area (TPSA) is 99.6 Å². The summed E-state index contributed by atoms with van der Waals surface area (Å²) in [5, 5.41) is 1.49. The molecule has 0 amide bonds. The van der Waals surface area contributed by atoms with Gasteiger partial charge in [-0.25, -0.2) is 0 Å². The number of ether oxygens (including phenoxy) is 1. The number of nitrogens with zero attached hydrogens (tertiary/aromatic N) is 4. The zero-order valence-electron chi connectivity index (χ0n) is 26.0. The molecule has 0 bridgehead atoms. The van der Waals surface area contributed by atoms with Crippen molar-refractivity contribution in [2.24, 2.45) is 4.99 Å². The molecule has 0 saturated carbocycles. The fraction of sp³-hybridized carbons (Fsp3) is 0.382. The number of fused-ring (bicyclic) bond motifs is 4. The normalized spacial score (nSPS) is 17.7. The SMILES string of the molecule is CC1(C)c2ccccc2N(CCN(CCC(=O)F)CCC(=O)F)C12C=Nc1c(c(CN(CC(=O)F)CC(=O)F)cc3ccccc13)O2. The molecule has 0 aliphatic carbocycles. The third-order valence-electron chi connectivity index (χ3n) is 8.82. The van der Waals surface area contributed by atoms with Crippen molar-refractivity contribution in [3.63, 3.8) is 0 Å². The van der Waals surface area contributed by atoms with Crippen molar-refractivity contribution in [3.05, 3.63) is 65.7 Å². The highest BCUT2D eigenvalue weighted by Gasteiger charge is 2.60. The van der Waals surface area contributed by atoms with Crippen LogP contribution in [0.5, 0.6) is 5.75 Å². The highest BCUT2D eigenvalue weighted by Crippen LogP contribution is 2.55. The van der Waals surface area contributed by atoms with Gasteiger partial charge in [0.15, 0.2) is 5.75 Å². The van der Waals surface area contributed by atoms with Crippen LogP contribution in [-0.4, -0.2) is 85.2 Å². The monoisotopic (exact) mass is 654 g/mol. The van der Waals surface area contributed by atoms with E-state index in [4.69, 9.17) is 9.73 Å². The van der Waals surface area contributed by atoms with Crippen molar-refractivity contribution in [3.8, 4) is 5.75 Å². The maximum Gasteiger partial charge on any atom is 0.315 e. The summed E-state index contributed by atoms with van der Waals surface area (Å²) >= 11 is 0. The molecular formula is C34H34F4N4O5. The number of carbonyl (C=O) groups excluding carboxylic acids is 4. The van der Waals surface area contributed by atoms with Gasteiger partial charge in [0.05, 0.1) is 37.6 Å². The Balaban J connectivity index is 1.59. The number of hydrogen-bond donors (Lipinski definition) is 0. The van der Waals surface area contributed by atoms with Crippen molar-refractivity contribution in [2.45, 2.75) is 44.4 Å². The molecule has 248 valence electrons. The minimum atomic E-state index is -1.73. The van der Waals surface area contributed by atoms with Crippen LogP contribution in [0.15, 0.2) is 59.6 Å². The summed E-state index contributed by atoms with van der Waals surface area (Å²) in [6, 6.07) is 10.2. The first-order chi connectivity index (χ1) is 22.3. The lowest BCUT2D eigenvalue weighted by atomic mass is 9.77. The van der Waals surface area contributed by atoms with Crippen molar-refractivity contribution in [2.75, 3.05) is 44.2 Å². The smallest absolute Gasteiger partial charge is 0.315 e. The van der Waals surface area contributed by atoms with Gasteiger partial charge in [0.2, 0.25) is 5.72 Å². The molecule has 13 heteroatoms. The van der Waals surface area contributed by atoms with Gasteiger partial charge in [-0.2, -0.15) is 17.6 Å². The Morgan fingerprint density at radius 3 is 2.06 bits per heavy atom. The van der Waals surface area contributed by atoms with E-state index in [1.54, 1.807) is 17.2 Å². The lowest BCUT2D eigenvalue weighted by Crippen LogP contribution is -2.63. The molecule has 1 spiro atoms. The van der Waals surface area contributed by atoms with Crippen LogP contribution in [0.4, 0.5) is 28.9 Å². The fourth-order valence-corrected chi connectivity index (χ4v) is 6.54. The lowest BCUT2D eigenvalue weighted by molar-refractivity contribution is -0.134. The van der Waals surface area contributed by atoms with Gasteiger partial charge in [0.1, 0.15) is 5.69 Å². The first kappa shape index (κ1) is 33.9. The predicted octanol–water partition coefficient (Wildman–Crippen LogP) is 5.30. The average molecular weight is 655 g/mol. The van der Waals surface area contributed by atoms with Gasteiger partial charge in [-0.3, -0.25) is 29.1 Å². The molecule has 0 radical (unpaired) electrons. The highest BCUT2D eigenvalue weighted by molar-refractivity contribution is 6.01. The number of para-hydroxylation sites is 1. The largest absolute Gasteiger partial charge is 0.459 e. The number of hydrogen-bond acceptors (Lipinski definition) is 9. The summed E-state index contributed by atoms with van der Waals surface area (Å²) < 4.78 is 60.4. The summed E-state index contributed by atoms with van der Waals surface area (Å²) in [4.78, 5) is 54.6. The molecule has 5 rings (SSSR count). The summed E-state index contributed by atoms with van der Waals surface area (Å²) in [5.41, 5.74) is 0.535. The molecule has 2 aliphatic rings. The molecule has 3 aromatic rings. The first-order valence-corrected chi connectivity index (χ1v) is 15.2. The van der Waals surface area contributed by atoms with E-state index in [-0.39, 0.29) is 32.7 Å². The first-order valence-electron chi connectivity index (χ1n) is 15.2. The van der Waals surface area contributed by atoms with Crippen LogP contribution in [0.2, 0.25) is 0 Å². The second kappa shape index (κ2) is 13.7. The molecule has 0 saturated heterocycles. The Morgan fingerprint density at radius 1 is 0.809 bits per heavy atom. The molecule has 47 heavy (non-hydrogen) atoms. The minimum absolute atomic E-state index is 0.0289. The molecule has 0 fully saturated rings. The standard InChI is InChI=1S/C34H34F4N4O5/c1-33(2)25-9-5-6-10-26(25)42(16-15-40(13-11-27(35)43)14-12-28(36)44)34(33)21-39-31-24-8-4-3-7-22(24)17-23(32(31)47-34)18-41(19-29(37)45)20-30(38)46/h3-10,17,21H,11-16,18-20H2,1-2H3. The number of carbonyl (C=O) groups is 4. The number of halogens is 4. The Bertz CT molecular complexity index is 1710. The van der Waals surface area contributed by atoms with E-state index in [0.29, 0.717) is 17.0 Å². The van der Waals surface area contributed by atoms with Crippen molar-refractivity contribution in [1.82, 2.24) is 9.80 Å². The van der Waals surface area contributed by atoms with Gasteiger partial charge in [0, 0.05) is 49.4 Å². The van der Waals surface area contributed by atoms with E-state index in [1.165, 1.54) is 0 Å². The van der Waals surface area contributed by atoms with Crippen LogP contribution in [0.25, 0.3) is 10.8 Å². The Labute approximate surface area is 268 Å². The number of benzene rings is 3. The third-order valence-corrected chi connectivity index (χ3v) is 8.82. The second-order valence-electron chi connectivity index (χ2n) is 12.2.